The van der Waals surface area contributed by atoms with Crippen molar-refractivity contribution in [3.05, 3.63) is 0 Å². The standard InChI is InChI=1S/C8H13BrO2/c1-5(2)8(10)7(9)3-6(7)4-11-8/h5-6,10H,3-4H2,1-2H3. The van der Waals surface area contributed by atoms with Gasteiger partial charge in [-0.3, -0.25) is 0 Å². The molecular formula is C8H13BrO2. The predicted octanol–water partition coefficient (Wildman–Crippen LogP) is 1.51. The lowest BCUT2D eigenvalue weighted by atomic mass is 9.98. The quantitative estimate of drug-likeness (QED) is 0.680. The lowest BCUT2D eigenvalue weighted by Gasteiger charge is -2.32. The first-order valence-corrected chi connectivity index (χ1v) is 4.85. The van der Waals surface area contributed by atoms with Crippen molar-refractivity contribution in [2.24, 2.45) is 11.8 Å². The number of ether oxygens (including phenoxy) is 1. The van der Waals surface area contributed by atoms with Gasteiger partial charge in [-0.1, -0.05) is 29.8 Å². The molecule has 2 fully saturated rings. The van der Waals surface area contributed by atoms with E-state index in [2.05, 4.69) is 15.9 Å². The van der Waals surface area contributed by atoms with Gasteiger partial charge in [0.2, 0.25) is 0 Å². The van der Waals surface area contributed by atoms with Gasteiger partial charge in [-0.05, 0) is 6.42 Å². The van der Waals surface area contributed by atoms with E-state index in [9.17, 15) is 5.11 Å². The zero-order chi connectivity index (χ0) is 8.28. The molecule has 64 valence electrons. The zero-order valence-corrected chi connectivity index (χ0v) is 8.39. The molecule has 3 atom stereocenters. The second kappa shape index (κ2) is 2.01. The Balaban J connectivity index is 2.26. The Bertz CT molecular complexity index is 193. The zero-order valence-electron chi connectivity index (χ0n) is 6.80. The second-order valence-electron chi connectivity index (χ2n) is 3.93. The van der Waals surface area contributed by atoms with E-state index >= 15 is 0 Å². The molecule has 1 saturated carbocycles. The molecule has 0 bridgehead atoms. The number of aliphatic hydroxyl groups is 1. The third-order valence-electron chi connectivity index (χ3n) is 2.91. The minimum Gasteiger partial charge on any atom is -0.364 e. The van der Waals surface area contributed by atoms with Crippen LogP contribution in [0, 0.1) is 11.8 Å². The van der Waals surface area contributed by atoms with Crippen LogP contribution in [0.3, 0.4) is 0 Å². The van der Waals surface area contributed by atoms with Gasteiger partial charge in [-0.25, -0.2) is 0 Å². The first-order chi connectivity index (χ1) is 5.01. The second-order valence-corrected chi connectivity index (χ2v) is 5.34. The smallest absolute Gasteiger partial charge is 0.183 e. The summed E-state index contributed by atoms with van der Waals surface area (Å²) in [6.07, 6.45) is 1.06. The highest BCUT2D eigenvalue weighted by Gasteiger charge is 2.71. The summed E-state index contributed by atoms with van der Waals surface area (Å²) in [7, 11) is 0. The summed E-state index contributed by atoms with van der Waals surface area (Å²) in [5, 5.41) is 10.1. The van der Waals surface area contributed by atoms with Crippen LogP contribution in [0.1, 0.15) is 20.3 Å². The predicted molar refractivity (Wildman–Crippen MR) is 45.5 cm³/mol. The Kier molecular flexibility index (Phi) is 1.46. The molecule has 0 radical (unpaired) electrons. The van der Waals surface area contributed by atoms with Crippen LogP contribution in [0.4, 0.5) is 0 Å². The molecule has 1 aliphatic carbocycles. The van der Waals surface area contributed by atoms with Gasteiger partial charge in [-0.15, -0.1) is 0 Å². The third kappa shape index (κ3) is 0.794. The molecule has 0 aromatic rings. The molecule has 3 unspecified atom stereocenters. The summed E-state index contributed by atoms with van der Waals surface area (Å²) >= 11 is 3.56. The van der Waals surface area contributed by atoms with Crippen molar-refractivity contribution in [1.29, 1.82) is 0 Å². The Labute approximate surface area is 75.1 Å². The molecule has 0 spiro atoms. The molecule has 3 heteroatoms. The summed E-state index contributed by atoms with van der Waals surface area (Å²) in [4.78, 5) is 0. The molecule has 1 saturated heterocycles. The van der Waals surface area contributed by atoms with Gasteiger partial charge in [0.15, 0.2) is 5.79 Å². The van der Waals surface area contributed by atoms with E-state index in [0.717, 1.165) is 6.42 Å². The topological polar surface area (TPSA) is 29.5 Å². The van der Waals surface area contributed by atoms with Gasteiger partial charge in [0.25, 0.3) is 0 Å². The van der Waals surface area contributed by atoms with Crippen LogP contribution in [-0.2, 0) is 4.74 Å². The largest absolute Gasteiger partial charge is 0.364 e. The summed E-state index contributed by atoms with van der Waals surface area (Å²) < 4.78 is 5.26. The molecule has 0 aromatic carbocycles. The number of hydrogen-bond acceptors (Lipinski definition) is 2. The molecule has 0 amide bonds. The van der Waals surface area contributed by atoms with Gasteiger partial charge in [0, 0.05) is 11.8 Å². The Morgan fingerprint density at radius 2 is 2.27 bits per heavy atom. The van der Waals surface area contributed by atoms with Gasteiger partial charge in [0.1, 0.15) is 0 Å². The van der Waals surface area contributed by atoms with Gasteiger partial charge >= 0.3 is 0 Å². The number of hydrogen-bond donors (Lipinski definition) is 1. The van der Waals surface area contributed by atoms with Crippen LogP contribution in [0.15, 0.2) is 0 Å². The molecule has 1 aliphatic heterocycles. The SMILES string of the molecule is CC(C)C1(O)OCC2CC21Br. The van der Waals surface area contributed by atoms with Crippen LogP contribution < -0.4 is 0 Å². The van der Waals surface area contributed by atoms with Crippen LogP contribution in [0.25, 0.3) is 0 Å². The van der Waals surface area contributed by atoms with Crippen molar-refractivity contribution in [1.82, 2.24) is 0 Å². The van der Waals surface area contributed by atoms with E-state index in [1.165, 1.54) is 0 Å². The van der Waals surface area contributed by atoms with Crippen LogP contribution in [0.2, 0.25) is 0 Å². The van der Waals surface area contributed by atoms with Gasteiger partial charge in [-0.2, -0.15) is 0 Å². The van der Waals surface area contributed by atoms with Crippen molar-refractivity contribution in [2.45, 2.75) is 30.4 Å². The molecular weight excluding hydrogens is 208 g/mol. The van der Waals surface area contributed by atoms with E-state index in [-0.39, 0.29) is 10.2 Å². The lowest BCUT2D eigenvalue weighted by molar-refractivity contribution is -0.211. The maximum atomic E-state index is 10.1. The van der Waals surface area contributed by atoms with E-state index in [0.29, 0.717) is 12.5 Å². The van der Waals surface area contributed by atoms with Crippen molar-refractivity contribution < 1.29 is 9.84 Å². The fourth-order valence-electron chi connectivity index (χ4n) is 1.92. The maximum absolute atomic E-state index is 10.1. The van der Waals surface area contributed by atoms with E-state index in [4.69, 9.17) is 4.74 Å². The van der Waals surface area contributed by atoms with Crippen molar-refractivity contribution in [3.8, 4) is 0 Å². The number of fused-ring (bicyclic) bond motifs is 1. The molecule has 2 aliphatic rings. The normalized spacial score (nSPS) is 54.8. The van der Waals surface area contributed by atoms with Gasteiger partial charge in [0.05, 0.1) is 10.9 Å². The van der Waals surface area contributed by atoms with E-state index in [1.54, 1.807) is 0 Å². The molecule has 2 nitrogen and oxygen atoms in total. The highest BCUT2D eigenvalue weighted by atomic mass is 79.9. The molecule has 0 aromatic heterocycles. The summed E-state index contributed by atoms with van der Waals surface area (Å²) in [6, 6.07) is 0. The first kappa shape index (κ1) is 8.02. The third-order valence-corrected chi connectivity index (χ3v) is 4.45. The van der Waals surface area contributed by atoms with Gasteiger partial charge < -0.3 is 9.84 Å². The lowest BCUT2D eigenvalue weighted by Crippen LogP contribution is -2.45. The maximum Gasteiger partial charge on any atom is 0.183 e. The number of rotatable bonds is 1. The monoisotopic (exact) mass is 220 g/mol. The van der Waals surface area contributed by atoms with Crippen LogP contribution in [-0.4, -0.2) is 21.8 Å². The van der Waals surface area contributed by atoms with Crippen molar-refractivity contribution in [2.75, 3.05) is 6.61 Å². The fraction of sp³-hybridized carbons (Fsp3) is 1.00. The minimum absolute atomic E-state index is 0.117. The van der Waals surface area contributed by atoms with Crippen LogP contribution in [0.5, 0.6) is 0 Å². The number of alkyl halides is 1. The minimum atomic E-state index is -0.919. The fourth-order valence-corrected chi connectivity index (χ4v) is 3.02. The Morgan fingerprint density at radius 3 is 2.45 bits per heavy atom. The Hall–Kier alpha value is 0.400. The van der Waals surface area contributed by atoms with Crippen molar-refractivity contribution >= 4 is 15.9 Å². The summed E-state index contributed by atoms with van der Waals surface area (Å²) in [5.74, 6) is -0.221. The highest BCUT2D eigenvalue weighted by molar-refractivity contribution is 9.10. The Morgan fingerprint density at radius 1 is 1.64 bits per heavy atom. The molecule has 1 N–H and O–H groups in total. The average Bonchev–Trinajstić information content (AvgIpc) is 2.52. The summed E-state index contributed by atoms with van der Waals surface area (Å²) in [5.41, 5.74) is 0. The molecule has 11 heavy (non-hydrogen) atoms. The highest BCUT2D eigenvalue weighted by Crippen LogP contribution is 2.64. The summed E-state index contributed by atoms with van der Waals surface area (Å²) in [6.45, 7) is 4.69. The van der Waals surface area contributed by atoms with Crippen molar-refractivity contribution in [3.63, 3.8) is 0 Å². The van der Waals surface area contributed by atoms with E-state index < -0.39 is 5.79 Å². The molecule has 2 rings (SSSR count). The van der Waals surface area contributed by atoms with E-state index in [1.807, 2.05) is 13.8 Å². The molecule has 1 heterocycles. The number of halogens is 1. The van der Waals surface area contributed by atoms with Crippen LogP contribution >= 0.6 is 15.9 Å². The average molecular weight is 221 g/mol. The first-order valence-electron chi connectivity index (χ1n) is 4.06.